The number of hydrogen-bond donors (Lipinski definition) is 1. The van der Waals surface area contributed by atoms with Gasteiger partial charge in [0.2, 0.25) is 0 Å². The second kappa shape index (κ2) is 3.30. The molecule has 0 aromatic carbocycles. The predicted molar refractivity (Wildman–Crippen MR) is 43.8 cm³/mol. The van der Waals surface area contributed by atoms with E-state index in [0.29, 0.717) is 5.82 Å². The number of aromatic nitrogens is 2. The number of anilines is 1. The van der Waals surface area contributed by atoms with E-state index in [1.165, 1.54) is 0 Å². The number of nitrogen functional groups attached to an aromatic ring is 1. The van der Waals surface area contributed by atoms with E-state index in [2.05, 4.69) is 9.97 Å². The van der Waals surface area contributed by atoms with E-state index < -0.39 is 0 Å². The molecule has 0 aliphatic heterocycles. The summed E-state index contributed by atoms with van der Waals surface area (Å²) in [4.78, 5) is 10.0. The molecule has 4 heteroatoms. The molecule has 1 heterocycles. The molecule has 0 atom stereocenters. The lowest BCUT2D eigenvalue weighted by Gasteiger charge is -2.08. The van der Waals surface area contributed by atoms with Gasteiger partial charge in [0.15, 0.2) is 0 Å². The molecule has 11 heavy (non-hydrogen) atoms. The van der Waals surface area contributed by atoms with Crippen LogP contribution in [0.5, 0.6) is 0 Å². The SMILES string of the molecule is CN(C)Cc1nccnc1N. The summed E-state index contributed by atoms with van der Waals surface area (Å²) in [6.45, 7) is 0.736. The molecule has 1 aromatic heterocycles. The Bertz CT molecular complexity index is 234. The Morgan fingerprint density at radius 2 is 2.00 bits per heavy atom. The number of nitrogens with two attached hydrogens (primary N) is 1. The van der Waals surface area contributed by atoms with E-state index in [-0.39, 0.29) is 0 Å². The molecule has 0 saturated heterocycles. The van der Waals surface area contributed by atoms with Crippen LogP contribution in [0.1, 0.15) is 5.69 Å². The average Bonchev–Trinajstić information content (AvgIpc) is 1.93. The molecule has 1 rings (SSSR count). The van der Waals surface area contributed by atoms with Crippen LogP contribution in [0, 0.1) is 0 Å². The summed E-state index contributed by atoms with van der Waals surface area (Å²) in [5, 5.41) is 0. The van der Waals surface area contributed by atoms with Crippen LogP contribution in [-0.2, 0) is 6.54 Å². The van der Waals surface area contributed by atoms with Crippen LogP contribution in [0.25, 0.3) is 0 Å². The highest BCUT2D eigenvalue weighted by Gasteiger charge is 2.00. The summed E-state index contributed by atoms with van der Waals surface area (Å²) in [6.07, 6.45) is 3.24. The van der Waals surface area contributed by atoms with Crippen molar-refractivity contribution in [2.45, 2.75) is 6.54 Å². The quantitative estimate of drug-likeness (QED) is 0.654. The lowest BCUT2D eigenvalue weighted by molar-refractivity contribution is 0.397. The summed E-state index contributed by atoms with van der Waals surface area (Å²) >= 11 is 0. The van der Waals surface area contributed by atoms with Crippen LogP contribution in [-0.4, -0.2) is 29.0 Å². The molecule has 0 unspecified atom stereocenters. The van der Waals surface area contributed by atoms with Crippen LogP contribution in [0.15, 0.2) is 12.4 Å². The van der Waals surface area contributed by atoms with Crippen molar-refractivity contribution in [2.75, 3.05) is 19.8 Å². The monoisotopic (exact) mass is 152 g/mol. The second-order valence-corrected chi connectivity index (χ2v) is 2.63. The van der Waals surface area contributed by atoms with Crippen molar-refractivity contribution in [3.8, 4) is 0 Å². The van der Waals surface area contributed by atoms with Gasteiger partial charge in [0.25, 0.3) is 0 Å². The Balaban J connectivity index is 2.78. The first kappa shape index (κ1) is 7.94. The van der Waals surface area contributed by atoms with Crippen molar-refractivity contribution in [1.29, 1.82) is 0 Å². The smallest absolute Gasteiger partial charge is 0.146 e. The first-order valence-corrected chi connectivity index (χ1v) is 3.40. The highest BCUT2D eigenvalue weighted by molar-refractivity contribution is 5.32. The molecular weight excluding hydrogens is 140 g/mol. The normalized spacial score (nSPS) is 10.5. The fourth-order valence-corrected chi connectivity index (χ4v) is 0.799. The summed E-state index contributed by atoms with van der Waals surface area (Å²) in [7, 11) is 3.93. The number of nitrogens with zero attached hydrogens (tertiary/aromatic N) is 3. The van der Waals surface area contributed by atoms with Gasteiger partial charge >= 0.3 is 0 Å². The average molecular weight is 152 g/mol. The van der Waals surface area contributed by atoms with Gasteiger partial charge in [-0.1, -0.05) is 0 Å². The first-order chi connectivity index (χ1) is 5.20. The van der Waals surface area contributed by atoms with E-state index in [0.717, 1.165) is 12.2 Å². The van der Waals surface area contributed by atoms with Crippen molar-refractivity contribution >= 4 is 5.82 Å². The standard InChI is InChI=1S/C7H12N4/c1-11(2)5-6-7(8)10-4-3-9-6/h3-4H,5H2,1-2H3,(H2,8,10). The summed E-state index contributed by atoms with van der Waals surface area (Å²) in [5.41, 5.74) is 6.40. The third-order valence-electron chi connectivity index (χ3n) is 1.27. The minimum absolute atomic E-state index is 0.515. The van der Waals surface area contributed by atoms with Crippen LogP contribution in [0.2, 0.25) is 0 Å². The van der Waals surface area contributed by atoms with Gasteiger partial charge in [-0.15, -0.1) is 0 Å². The van der Waals surface area contributed by atoms with E-state index in [1.54, 1.807) is 12.4 Å². The summed E-state index contributed by atoms with van der Waals surface area (Å²) in [6, 6.07) is 0. The van der Waals surface area contributed by atoms with Crippen LogP contribution in [0.4, 0.5) is 5.82 Å². The van der Waals surface area contributed by atoms with Gasteiger partial charge in [0, 0.05) is 18.9 Å². The van der Waals surface area contributed by atoms with Gasteiger partial charge in [0.05, 0.1) is 5.69 Å². The lowest BCUT2D eigenvalue weighted by Crippen LogP contribution is -2.14. The van der Waals surface area contributed by atoms with Crippen molar-refractivity contribution in [1.82, 2.24) is 14.9 Å². The maximum Gasteiger partial charge on any atom is 0.146 e. The van der Waals surface area contributed by atoms with Gasteiger partial charge in [-0.2, -0.15) is 0 Å². The van der Waals surface area contributed by atoms with Crippen molar-refractivity contribution in [2.24, 2.45) is 0 Å². The molecular formula is C7H12N4. The molecule has 0 aliphatic carbocycles. The topological polar surface area (TPSA) is 55.0 Å². The third kappa shape index (κ3) is 2.16. The van der Waals surface area contributed by atoms with Crippen molar-refractivity contribution < 1.29 is 0 Å². The fourth-order valence-electron chi connectivity index (χ4n) is 0.799. The van der Waals surface area contributed by atoms with E-state index in [1.807, 2.05) is 19.0 Å². The largest absolute Gasteiger partial charge is 0.382 e. The second-order valence-electron chi connectivity index (χ2n) is 2.63. The van der Waals surface area contributed by atoms with Crippen LogP contribution in [0.3, 0.4) is 0 Å². The minimum Gasteiger partial charge on any atom is -0.382 e. The highest BCUT2D eigenvalue weighted by Crippen LogP contribution is 2.03. The highest BCUT2D eigenvalue weighted by atomic mass is 15.1. The third-order valence-corrected chi connectivity index (χ3v) is 1.27. The zero-order valence-corrected chi connectivity index (χ0v) is 6.78. The summed E-state index contributed by atoms with van der Waals surface area (Å²) in [5.74, 6) is 0.515. The molecule has 0 saturated carbocycles. The van der Waals surface area contributed by atoms with E-state index >= 15 is 0 Å². The van der Waals surface area contributed by atoms with E-state index in [4.69, 9.17) is 5.73 Å². The Kier molecular flexibility index (Phi) is 2.38. The van der Waals surface area contributed by atoms with Crippen LogP contribution >= 0.6 is 0 Å². The molecule has 0 fully saturated rings. The van der Waals surface area contributed by atoms with E-state index in [9.17, 15) is 0 Å². The molecule has 1 aromatic rings. The zero-order chi connectivity index (χ0) is 8.27. The summed E-state index contributed by atoms with van der Waals surface area (Å²) < 4.78 is 0. The zero-order valence-electron chi connectivity index (χ0n) is 6.78. The Hall–Kier alpha value is -1.16. The van der Waals surface area contributed by atoms with Gasteiger partial charge in [-0.25, -0.2) is 4.98 Å². The molecule has 0 bridgehead atoms. The van der Waals surface area contributed by atoms with Gasteiger partial charge in [-0.05, 0) is 14.1 Å². The maximum absolute atomic E-state index is 5.57. The minimum atomic E-state index is 0.515. The maximum atomic E-state index is 5.57. The molecule has 60 valence electrons. The molecule has 0 amide bonds. The molecule has 4 nitrogen and oxygen atoms in total. The number of rotatable bonds is 2. The Morgan fingerprint density at radius 3 is 2.55 bits per heavy atom. The lowest BCUT2D eigenvalue weighted by atomic mass is 10.4. The Morgan fingerprint density at radius 1 is 1.36 bits per heavy atom. The first-order valence-electron chi connectivity index (χ1n) is 3.40. The molecule has 0 spiro atoms. The van der Waals surface area contributed by atoms with Crippen LogP contribution < -0.4 is 5.73 Å². The van der Waals surface area contributed by atoms with Gasteiger partial charge < -0.3 is 10.6 Å². The van der Waals surface area contributed by atoms with Gasteiger partial charge in [-0.3, -0.25) is 4.98 Å². The molecule has 0 radical (unpaired) electrons. The Labute approximate surface area is 66.1 Å². The predicted octanol–water partition coefficient (Wildman–Crippen LogP) is 0.120. The van der Waals surface area contributed by atoms with Crippen molar-refractivity contribution in [3.63, 3.8) is 0 Å². The molecule has 2 N–H and O–H groups in total. The van der Waals surface area contributed by atoms with Gasteiger partial charge in [0.1, 0.15) is 5.82 Å². The molecule has 0 aliphatic rings. The number of hydrogen-bond acceptors (Lipinski definition) is 4. The van der Waals surface area contributed by atoms with Crippen molar-refractivity contribution in [3.05, 3.63) is 18.1 Å². The fraction of sp³-hybridized carbons (Fsp3) is 0.429.